The van der Waals surface area contributed by atoms with Crippen LogP contribution in [0.2, 0.25) is 0 Å². The molecule has 0 spiro atoms. The van der Waals surface area contributed by atoms with Gasteiger partial charge in [-0.15, -0.1) is 0 Å². The second kappa shape index (κ2) is 4.36. The van der Waals surface area contributed by atoms with E-state index >= 15 is 0 Å². The van der Waals surface area contributed by atoms with Crippen molar-refractivity contribution in [1.29, 1.82) is 0 Å². The molecule has 0 N–H and O–H groups in total. The molecule has 1 aromatic carbocycles. The van der Waals surface area contributed by atoms with E-state index in [0.717, 1.165) is 36.0 Å². The highest BCUT2D eigenvalue weighted by Crippen LogP contribution is 2.37. The van der Waals surface area contributed by atoms with Crippen molar-refractivity contribution in [2.45, 2.75) is 64.3 Å². The Balaban J connectivity index is 1.63. The molecule has 1 aliphatic carbocycles. The van der Waals surface area contributed by atoms with Gasteiger partial charge in [-0.1, -0.05) is 12.1 Å². The van der Waals surface area contributed by atoms with E-state index in [1.54, 1.807) is 0 Å². The minimum Gasteiger partial charge on any atom is -0.399 e. The van der Waals surface area contributed by atoms with Crippen LogP contribution in [0.1, 0.15) is 56.5 Å². The lowest BCUT2D eigenvalue weighted by Gasteiger charge is -2.32. The van der Waals surface area contributed by atoms with Crippen LogP contribution in [-0.4, -0.2) is 35.2 Å². The summed E-state index contributed by atoms with van der Waals surface area (Å²) in [6.07, 6.45) is 2.29. The van der Waals surface area contributed by atoms with Crippen molar-refractivity contribution < 1.29 is 14.1 Å². The maximum absolute atomic E-state index is 12.5. The monoisotopic (exact) mass is 299 g/mol. The lowest BCUT2D eigenvalue weighted by Crippen LogP contribution is -2.41. The summed E-state index contributed by atoms with van der Waals surface area (Å²) in [6, 6.07) is 6.50. The molecule has 22 heavy (non-hydrogen) atoms. The summed E-state index contributed by atoms with van der Waals surface area (Å²) in [4.78, 5) is 14.5. The first-order valence-electron chi connectivity index (χ1n) is 8.08. The summed E-state index contributed by atoms with van der Waals surface area (Å²) < 4.78 is 12.2. The molecule has 116 valence electrons. The van der Waals surface area contributed by atoms with E-state index in [9.17, 15) is 4.79 Å². The largest absolute Gasteiger partial charge is 0.494 e. The Labute approximate surface area is 131 Å². The van der Waals surface area contributed by atoms with Gasteiger partial charge in [0.15, 0.2) is 0 Å². The van der Waals surface area contributed by atoms with Crippen molar-refractivity contribution in [2.75, 3.05) is 0 Å². The van der Waals surface area contributed by atoms with E-state index in [-0.39, 0.29) is 17.1 Å². The molecule has 0 unspecified atom stereocenters. The first kappa shape index (κ1) is 14.3. The van der Waals surface area contributed by atoms with Gasteiger partial charge in [-0.3, -0.25) is 4.79 Å². The van der Waals surface area contributed by atoms with E-state index in [4.69, 9.17) is 9.31 Å². The molecule has 3 aliphatic rings. The number of benzene rings is 1. The fourth-order valence-corrected chi connectivity index (χ4v) is 3.15. The van der Waals surface area contributed by atoms with Crippen LogP contribution < -0.4 is 5.46 Å². The number of rotatable bonds is 2. The van der Waals surface area contributed by atoms with Crippen LogP contribution in [0.4, 0.5) is 0 Å². The van der Waals surface area contributed by atoms with Crippen LogP contribution in [-0.2, 0) is 15.9 Å². The van der Waals surface area contributed by atoms with Gasteiger partial charge in [-0.2, -0.15) is 0 Å². The topological polar surface area (TPSA) is 38.8 Å². The summed E-state index contributed by atoms with van der Waals surface area (Å²) in [5, 5.41) is 0. The summed E-state index contributed by atoms with van der Waals surface area (Å²) in [6.45, 7) is 8.92. The quantitative estimate of drug-likeness (QED) is 0.785. The highest BCUT2D eigenvalue weighted by Gasteiger charge is 2.52. The Bertz CT molecular complexity index is 635. The Morgan fingerprint density at radius 1 is 1.14 bits per heavy atom. The molecule has 4 rings (SSSR count). The summed E-state index contributed by atoms with van der Waals surface area (Å²) in [5.74, 6) is 0.163. The van der Waals surface area contributed by atoms with Crippen LogP contribution in [0.25, 0.3) is 0 Å². The SMILES string of the molecule is CC1(C)OB(c2ccc3c(c2)C(=O)N(C2CC2)C3)OC1(C)C. The van der Waals surface area contributed by atoms with Gasteiger partial charge in [-0.25, -0.2) is 0 Å². The molecule has 1 amide bonds. The van der Waals surface area contributed by atoms with E-state index in [0.29, 0.717) is 6.04 Å². The van der Waals surface area contributed by atoms with Crippen LogP contribution >= 0.6 is 0 Å². The average Bonchev–Trinajstić information content (AvgIpc) is 3.18. The molecule has 4 nitrogen and oxygen atoms in total. The third-order valence-corrected chi connectivity index (χ3v) is 5.48. The molecule has 5 heteroatoms. The van der Waals surface area contributed by atoms with Crippen molar-refractivity contribution in [3.05, 3.63) is 29.3 Å². The lowest BCUT2D eigenvalue weighted by atomic mass is 9.78. The van der Waals surface area contributed by atoms with Gasteiger partial charge in [0.05, 0.1) is 11.2 Å². The molecular weight excluding hydrogens is 277 g/mol. The van der Waals surface area contributed by atoms with Crippen LogP contribution in [0.5, 0.6) is 0 Å². The van der Waals surface area contributed by atoms with Crippen molar-refractivity contribution in [3.63, 3.8) is 0 Å². The zero-order valence-corrected chi connectivity index (χ0v) is 13.7. The second-order valence-corrected chi connectivity index (χ2v) is 7.67. The summed E-state index contributed by atoms with van der Waals surface area (Å²) >= 11 is 0. The minimum atomic E-state index is -0.405. The fraction of sp³-hybridized carbons (Fsp3) is 0.588. The molecule has 2 heterocycles. The second-order valence-electron chi connectivity index (χ2n) is 7.67. The molecule has 1 aromatic rings. The average molecular weight is 299 g/mol. The normalized spacial score (nSPS) is 25.7. The molecule has 0 aromatic heterocycles. The molecule has 0 bridgehead atoms. The summed E-state index contributed by atoms with van der Waals surface area (Å²) in [7, 11) is -0.405. The number of nitrogens with zero attached hydrogens (tertiary/aromatic N) is 1. The Morgan fingerprint density at radius 3 is 2.36 bits per heavy atom. The molecular formula is C17H22BNO3. The highest BCUT2D eigenvalue weighted by molar-refractivity contribution is 6.62. The van der Waals surface area contributed by atoms with Gasteiger partial charge in [0.25, 0.3) is 5.91 Å². The molecule has 1 saturated carbocycles. The molecule has 0 atom stereocenters. The maximum Gasteiger partial charge on any atom is 0.494 e. The minimum absolute atomic E-state index is 0.163. The van der Waals surface area contributed by atoms with E-state index in [1.807, 2.05) is 44.7 Å². The number of hydrogen-bond acceptors (Lipinski definition) is 3. The van der Waals surface area contributed by atoms with E-state index in [1.165, 1.54) is 0 Å². The van der Waals surface area contributed by atoms with Gasteiger partial charge >= 0.3 is 7.12 Å². The Morgan fingerprint density at radius 2 is 1.77 bits per heavy atom. The number of carbonyl (C=O) groups is 1. The van der Waals surface area contributed by atoms with Crippen molar-refractivity contribution >= 4 is 18.5 Å². The molecule has 1 saturated heterocycles. The number of amides is 1. The van der Waals surface area contributed by atoms with Crippen LogP contribution in [0, 0.1) is 0 Å². The first-order valence-corrected chi connectivity index (χ1v) is 8.08. The third kappa shape index (κ3) is 2.03. The smallest absolute Gasteiger partial charge is 0.399 e. The zero-order valence-electron chi connectivity index (χ0n) is 13.7. The standard InChI is InChI=1S/C17H22BNO3/c1-16(2)17(3,4)22-18(21-16)12-6-5-11-10-19(13-7-8-13)15(20)14(11)9-12/h5-6,9,13H,7-8,10H2,1-4H3. The number of hydrogen-bond donors (Lipinski definition) is 0. The maximum atomic E-state index is 12.5. The van der Waals surface area contributed by atoms with Gasteiger partial charge in [0.1, 0.15) is 0 Å². The van der Waals surface area contributed by atoms with Gasteiger partial charge < -0.3 is 14.2 Å². The highest BCUT2D eigenvalue weighted by atomic mass is 16.7. The van der Waals surface area contributed by atoms with Gasteiger partial charge in [-0.05, 0) is 57.6 Å². The Kier molecular flexibility index (Phi) is 2.83. The lowest BCUT2D eigenvalue weighted by molar-refractivity contribution is 0.00578. The molecule has 0 radical (unpaired) electrons. The predicted octanol–water partition coefficient (Wildman–Crippen LogP) is 2.10. The molecule has 2 aliphatic heterocycles. The summed E-state index contributed by atoms with van der Waals surface area (Å²) in [5.41, 5.74) is 2.15. The zero-order chi connectivity index (χ0) is 15.7. The van der Waals surface area contributed by atoms with Gasteiger partial charge in [0, 0.05) is 18.2 Å². The Hall–Kier alpha value is -1.33. The molecule has 2 fully saturated rings. The van der Waals surface area contributed by atoms with Crippen molar-refractivity contribution in [3.8, 4) is 0 Å². The van der Waals surface area contributed by atoms with Crippen molar-refractivity contribution in [2.24, 2.45) is 0 Å². The van der Waals surface area contributed by atoms with Crippen LogP contribution in [0.3, 0.4) is 0 Å². The third-order valence-electron chi connectivity index (χ3n) is 5.48. The number of carbonyl (C=O) groups excluding carboxylic acids is 1. The fourth-order valence-electron chi connectivity index (χ4n) is 3.15. The van der Waals surface area contributed by atoms with E-state index < -0.39 is 7.12 Å². The van der Waals surface area contributed by atoms with E-state index in [2.05, 4.69) is 6.07 Å². The van der Waals surface area contributed by atoms with Gasteiger partial charge in [0.2, 0.25) is 0 Å². The first-order chi connectivity index (χ1) is 10.3. The van der Waals surface area contributed by atoms with Crippen molar-refractivity contribution in [1.82, 2.24) is 4.90 Å². The number of fused-ring (bicyclic) bond motifs is 1. The van der Waals surface area contributed by atoms with Crippen LogP contribution in [0.15, 0.2) is 18.2 Å². The predicted molar refractivity (Wildman–Crippen MR) is 85.1 cm³/mol.